The van der Waals surface area contributed by atoms with Crippen LogP contribution in [-0.4, -0.2) is 5.91 Å². The molecular formula is C16H12Cl2FNO. The molecule has 0 atom stereocenters. The predicted molar refractivity (Wildman–Crippen MR) is 85.3 cm³/mol. The molecule has 108 valence electrons. The van der Waals surface area contributed by atoms with Crippen molar-refractivity contribution in [2.45, 2.75) is 6.92 Å². The molecule has 2 nitrogen and oxygen atoms in total. The number of hydrogen-bond acceptors (Lipinski definition) is 1. The van der Waals surface area contributed by atoms with Crippen molar-refractivity contribution in [3.63, 3.8) is 0 Å². The zero-order valence-electron chi connectivity index (χ0n) is 11.2. The number of rotatable bonds is 3. The van der Waals surface area contributed by atoms with Gasteiger partial charge in [0.1, 0.15) is 5.82 Å². The monoisotopic (exact) mass is 323 g/mol. The van der Waals surface area contributed by atoms with Gasteiger partial charge in [0.2, 0.25) is 5.91 Å². The molecule has 0 fully saturated rings. The van der Waals surface area contributed by atoms with Crippen LogP contribution in [0.4, 0.5) is 10.1 Å². The van der Waals surface area contributed by atoms with E-state index in [9.17, 15) is 9.18 Å². The smallest absolute Gasteiger partial charge is 0.248 e. The molecule has 2 aromatic rings. The van der Waals surface area contributed by atoms with Crippen LogP contribution in [0.2, 0.25) is 10.0 Å². The summed E-state index contributed by atoms with van der Waals surface area (Å²) in [4.78, 5) is 11.9. The molecule has 0 spiro atoms. The molecular weight excluding hydrogens is 312 g/mol. The average Bonchev–Trinajstić information content (AvgIpc) is 2.42. The zero-order chi connectivity index (χ0) is 15.4. The maximum atomic E-state index is 13.6. The van der Waals surface area contributed by atoms with Crippen molar-refractivity contribution in [2.75, 3.05) is 5.32 Å². The van der Waals surface area contributed by atoms with Gasteiger partial charge in [0.25, 0.3) is 0 Å². The summed E-state index contributed by atoms with van der Waals surface area (Å²) < 4.78 is 13.6. The van der Waals surface area contributed by atoms with Gasteiger partial charge in [-0.1, -0.05) is 35.3 Å². The van der Waals surface area contributed by atoms with E-state index in [4.69, 9.17) is 23.2 Å². The lowest BCUT2D eigenvalue weighted by molar-refractivity contribution is -0.111. The Morgan fingerprint density at radius 2 is 2.00 bits per heavy atom. The summed E-state index contributed by atoms with van der Waals surface area (Å²) >= 11 is 11.8. The van der Waals surface area contributed by atoms with Gasteiger partial charge in [-0.25, -0.2) is 4.39 Å². The molecule has 0 heterocycles. The van der Waals surface area contributed by atoms with Gasteiger partial charge in [-0.15, -0.1) is 0 Å². The lowest BCUT2D eigenvalue weighted by Crippen LogP contribution is -2.09. The number of anilines is 1. The molecule has 0 aliphatic rings. The van der Waals surface area contributed by atoms with Gasteiger partial charge in [0.15, 0.2) is 0 Å². The summed E-state index contributed by atoms with van der Waals surface area (Å²) in [5.74, 6) is -0.870. The number of hydrogen-bond donors (Lipinski definition) is 1. The van der Waals surface area contributed by atoms with Crippen molar-refractivity contribution in [3.05, 3.63) is 69.5 Å². The van der Waals surface area contributed by atoms with Crippen molar-refractivity contribution in [1.29, 1.82) is 0 Å². The Bertz CT molecular complexity index is 693. The largest absolute Gasteiger partial charge is 0.322 e. The topological polar surface area (TPSA) is 29.1 Å². The molecule has 2 aromatic carbocycles. The quantitative estimate of drug-likeness (QED) is 0.783. The van der Waals surface area contributed by atoms with Crippen molar-refractivity contribution in [3.8, 4) is 0 Å². The minimum absolute atomic E-state index is 0.178. The summed E-state index contributed by atoms with van der Waals surface area (Å²) in [5.41, 5.74) is 1.67. The minimum atomic E-state index is -0.481. The van der Waals surface area contributed by atoms with Gasteiger partial charge in [-0.05, 0) is 42.8 Å². The number of nitrogens with one attached hydrogen (secondary N) is 1. The van der Waals surface area contributed by atoms with Gasteiger partial charge in [0.05, 0.1) is 5.02 Å². The highest BCUT2D eigenvalue weighted by molar-refractivity contribution is 6.32. The van der Waals surface area contributed by atoms with Crippen LogP contribution in [0.25, 0.3) is 6.08 Å². The highest BCUT2D eigenvalue weighted by Gasteiger charge is 2.05. The van der Waals surface area contributed by atoms with Crippen LogP contribution in [0.5, 0.6) is 0 Å². The molecule has 1 amide bonds. The van der Waals surface area contributed by atoms with Crippen molar-refractivity contribution >= 4 is 40.9 Å². The second-order valence-electron chi connectivity index (χ2n) is 4.42. The first kappa shape index (κ1) is 15.5. The number of amides is 1. The maximum Gasteiger partial charge on any atom is 0.248 e. The highest BCUT2D eigenvalue weighted by atomic mass is 35.5. The molecule has 1 N–H and O–H groups in total. The Morgan fingerprint density at radius 3 is 2.71 bits per heavy atom. The maximum absolute atomic E-state index is 13.6. The minimum Gasteiger partial charge on any atom is -0.322 e. The van der Waals surface area contributed by atoms with Gasteiger partial charge in [-0.2, -0.15) is 0 Å². The molecule has 0 saturated carbocycles. The number of aryl methyl sites for hydroxylation is 1. The molecule has 0 aliphatic carbocycles. The first-order valence-electron chi connectivity index (χ1n) is 6.16. The standard InChI is InChI=1S/C16H12Cl2FNO/c1-10-5-6-11(17)9-15(10)20-16(21)8-7-12-13(18)3-2-4-14(12)19/h2-9H,1H3,(H,20,21). The Hall–Kier alpha value is -1.84. The van der Waals surface area contributed by atoms with Crippen molar-refractivity contribution in [2.24, 2.45) is 0 Å². The van der Waals surface area contributed by atoms with E-state index in [1.165, 1.54) is 24.3 Å². The van der Waals surface area contributed by atoms with Crippen LogP contribution in [0.15, 0.2) is 42.5 Å². The van der Waals surface area contributed by atoms with E-state index in [0.717, 1.165) is 5.56 Å². The first-order valence-corrected chi connectivity index (χ1v) is 6.92. The summed E-state index contributed by atoms with van der Waals surface area (Å²) in [6, 6.07) is 9.54. The molecule has 0 aliphatic heterocycles. The molecule has 21 heavy (non-hydrogen) atoms. The molecule has 0 saturated heterocycles. The van der Waals surface area contributed by atoms with Crippen molar-refractivity contribution < 1.29 is 9.18 Å². The molecule has 0 radical (unpaired) electrons. The summed E-state index contributed by atoms with van der Waals surface area (Å²) in [6.07, 6.45) is 2.57. The number of carbonyl (C=O) groups is 1. The van der Waals surface area contributed by atoms with E-state index in [2.05, 4.69) is 5.32 Å². The Labute approximate surface area is 132 Å². The number of carbonyl (C=O) groups excluding carboxylic acids is 1. The Balaban J connectivity index is 2.15. The highest BCUT2D eigenvalue weighted by Crippen LogP contribution is 2.22. The van der Waals surface area contributed by atoms with E-state index in [-0.39, 0.29) is 16.5 Å². The van der Waals surface area contributed by atoms with Gasteiger partial charge < -0.3 is 5.32 Å². The van der Waals surface area contributed by atoms with E-state index < -0.39 is 5.82 Å². The van der Waals surface area contributed by atoms with Crippen molar-refractivity contribution in [1.82, 2.24) is 0 Å². The number of benzene rings is 2. The molecule has 5 heteroatoms. The normalized spacial score (nSPS) is 10.9. The van der Waals surface area contributed by atoms with Crippen LogP contribution >= 0.6 is 23.2 Å². The van der Waals surface area contributed by atoms with Crippen LogP contribution in [-0.2, 0) is 4.79 Å². The third kappa shape index (κ3) is 4.06. The summed E-state index contributed by atoms with van der Waals surface area (Å²) in [6.45, 7) is 1.85. The molecule has 0 aromatic heterocycles. The second kappa shape index (κ2) is 6.74. The third-order valence-corrected chi connectivity index (χ3v) is 3.42. The van der Waals surface area contributed by atoms with Gasteiger partial charge >= 0.3 is 0 Å². The zero-order valence-corrected chi connectivity index (χ0v) is 12.7. The van der Waals surface area contributed by atoms with Crippen LogP contribution in [0, 0.1) is 12.7 Å². The lowest BCUT2D eigenvalue weighted by Gasteiger charge is -2.06. The van der Waals surface area contributed by atoms with E-state index in [1.54, 1.807) is 24.3 Å². The lowest BCUT2D eigenvalue weighted by atomic mass is 10.2. The Morgan fingerprint density at radius 1 is 1.24 bits per heavy atom. The van der Waals surface area contributed by atoms with E-state index in [0.29, 0.717) is 10.7 Å². The molecule has 2 rings (SSSR count). The average molecular weight is 324 g/mol. The molecule has 0 unspecified atom stereocenters. The number of halogens is 3. The predicted octanol–water partition coefficient (Wildman–Crippen LogP) is 5.09. The van der Waals surface area contributed by atoms with Crippen LogP contribution in [0.3, 0.4) is 0 Å². The van der Waals surface area contributed by atoms with E-state index >= 15 is 0 Å². The molecule has 0 bridgehead atoms. The van der Waals surface area contributed by atoms with Gasteiger partial charge in [0, 0.05) is 22.3 Å². The fourth-order valence-electron chi connectivity index (χ4n) is 1.73. The summed E-state index contributed by atoms with van der Waals surface area (Å²) in [7, 11) is 0. The van der Waals surface area contributed by atoms with Crippen LogP contribution < -0.4 is 5.32 Å². The fourth-order valence-corrected chi connectivity index (χ4v) is 2.13. The van der Waals surface area contributed by atoms with Gasteiger partial charge in [-0.3, -0.25) is 4.79 Å². The van der Waals surface area contributed by atoms with Crippen LogP contribution in [0.1, 0.15) is 11.1 Å². The SMILES string of the molecule is Cc1ccc(Cl)cc1NC(=O)C=Cc1c(F)cccc1Cl. The Kier molecular flexibility index (Phi) is 4.99. The third-order valence-electron chi connectivity index (χ3n) is 2.86. The van der Waals surface area contributed by atoms with E-state index in [1.807, 2.05) is 6.92 Å². The second-order valence-corrected chi connectivity index (χ2v) is 5.26. The fraction of sp³-hybridized carbons (Fsp3) is 0.0625. The first-order chi connectivity index (χ1) is 9.97. The summed E-state index contributed by atoms with van der Waals surface area (Å²) in [5, 5.41) is 3.46.